The zero-order valence-corrected chi connectivity index (χ0v) is 15.0. The molecule has 4 rings (SSSR count). The molecule has 2 aliphatic rings. The molecule has 6 heteroatoms. The number of hydrogen-bond acceptors (Lipinski definition) is 5. The first-order chi connectivity index (χ1) is 12.1. The fourth-order valence-corrected chi connectivity index (χ4v) is 3.80. The van der Waals surface area contributed by atoms with Crippen molar-refractivity contribution < 1.29 is 9.42 Å². The number of carbonyl (C=O) groups excluding carboxylic acids is 1. The molecular formula is C19H26N4O2. The van der Waals surface area contributed by atoms with E-state index in [2.05, 4.69) is 40.0 Å². The van der Waals surface area contributed by atoms with Crippen LogP contribution in [0.3, 0.4) is 0 Å². The van der Waals surface area contributed by atoms with Crippen LogP contribution in [0.5, 0.6) is 0 Å². The van der Waals surface area contributed by atoms with Crippen molar-refractivity contribution in [2.45, 2.75) is 45.7 Å². The lowest BCUT2D eigenvalue weighted by Gasteiger charge is -2.35. The lowest BCUT2D eigenvalue weighted by molar-refractivity contribution is -0.133. The van der Waals surface area contributed by atoms with Crippen molar-refractivity contribution in [3.05, 3.63) is 23.8 Å². The summed E-state index contributed by atoms with van der Waals surface area (Å²) in [6.45, 7) is 7.88. The molecule has 0 bridgehead atoms. The van der Waals surface area contributed by atoms with Crippen LogP contribution in [0.2, 0.25) is 0 Å². The van der Waals surface area contributed by atoms with Gasteiger partial charge >= 0.3 is 0 Å². The van der Waals surface area contributed by atoms with Crippen molar-refractivity contribution >= 4 is 16.9 Å². The lowest BCUT2D eigenvalue weighted by atomic mass is 10.0. The zero-order chi connectivity index (χ0) is 17.4. The second kappa shape index (κ2) is 6.75. The number of carbonyl (C=O) groups is 1. The van der Waals surface area contributed by atoms with E-state index in [4.69, 9.17) is 4.63 Å². The molecule has 134 valence electrons. The van der Waals surface area contributed by atoms with Gasteiger partial charge in [-0.15, -0.1) is 0 Å². The standard InChI is InChI=1S/C19H26N4O2/c1-13(2)17-12-22(9-8-18(24)23(17)10-14-6-7-14)11-15-4-3-5-16-19(15)21-25-20-16/h3-5,13-14,17H,6-12H2,1-2H3. The van der Waals surface area contributed by atoms with Crippen LogP contribution in [0, 0.1) is 11.8 Å². The van der Waals surface area contributed by atoms with Crippen LogP contribution in [-0.2, 0) is 11.3 Å². The van der Waals surface area contributed by atoms with E-state index in [1.807, 2.05) is 12.1 Å². The Morgan fingerprint density at radius 3 is 2.88 bits per heavy atom. The van der Waals surface area contributed by atoms with Gasteiger partial charge in [0.15, 0.2) is 0 Å². The lowest BCUT2D eigenvalue weighted by Crippen LogP contribution is -2.47. The Morgan fingerprint density at radius 1 is 1.28 bits per heavy atom. The van der Waals surface area contributed by atoms with Crippen molar-refractivity contribution in [3.8, 4) is 0 Å². The monoisotopic (exact) mass is 342 g/mol. The summed E-state index contributed by atoms with van der Waals surface area (Å²) in [5.41, 5.74) is 2.73. The number of nitrogens with zero attached hydrogens (tertiary/aromatic N) is 4. The first kappa shape index (κ1) is 16.5. The summed E-state index contributed by atoms with van der Waals surface area (Å²) in [4.78, 5) is 17.3. The minimum Gasteiger partial charge on any atom is -0.338 e. The third kappa shape index (κ3) is 3.54. The fraction of sp³-hybridized carbons (Fsp3) is 0.632. The summed E-state index contributed by atoms with van der Waals surface area (Å²) in [6, 6.07) is 6.26. The third-order valence-corrected chi connectivity index (χ3v) is 5.49. The van der Waals surface area contributed by atoms with E-state index in [1.54, 1.807) is 0 Å². The maximum absolute atomic E-state index is 12.7. The zero-order valence-electron chi connectivity index (χ0n) is 15.0. The summed E-state index contributed by atoms with van der Waals surface area (Å²) < 4.78 is 4.88. The highest BCUT2D eigenvalue weighted by Crippen LogP contribution is 2.32. The summed E-state index contributed by atoms with van der Waals surface area (Å²) in [5, 5.41) is 7.98. The van der Waals surface area contributed by atoms with Crippen molar-refractivity contribution in [2.75, 3.05) is 19.6 Å². The fourth-order valence-electron chi connectivity index (χ4n) is 3.80. The molecular weight excluding hydrogens is 316 g/mol. The number of fused-ring (bicyclic) bond motifs is 1. The molecule has 25 heavy (non-hydrogen) atoms. The molecule has 1 aromatic heterocycles. The minimum absolute atomic E-state index is 0.283. The first-order valence-corrected chi connectivity index (χ1v) is 9.34. The second-order valence-electron chi connectivity index (χ2n) is 7.84. The Bertz CT molecular complexity index is 753. The second-order valence-corrected chi connectivity index (χ2v) is 7.84. The predicted molar refractivity (Wildman–Crippen MR) is 94.8 cm³/mol. The van der Waals surface area contributed by atoms with Crippen LogP contribution in [0.1, 0.15) is 38.7 Å². The Labute approximate surface area is 148 Å². The van der Waals surface area contributed by atoms with E-state index in [9.17, 15) is 4.79 Å². The molecule has 1 saturated heterocycles. The predicted octanol–water partition coefficient (Wildman–Crippen LogP) is 2.69. The normalized spacial score (nSPS) is 22.8. The van der Waals surface area contributed by atoms with Gasteiger partial charge in [0.2, 0.25) is 5.91 Å². The molecule has 1 unspecified atom stereocenters. The Morgan fingerprint density at radius 2 is 2.12 bits per heavy atom. The average molecular weight is 342 g/mol. The first-order valence-electron chi connectivity index (χ1n) is 9.34. The van der Waals surface area contributed by atoms with Crippen molar-refractivity contribution in [1.29, 1.82) is 0 Å². The van der Waals surface area contributed by atoms with E-state index in [1.165, 1.54) is 12.8 Å². The van der Waals surface area contributed by atoms with Gasteiger partial charge in [0, 0.05) is 38.6 Å². The van der Waals surface area contributed by atoms with Gasteiger partial charge in [0.1, 0.15) is 11.0 Å². The topological polar surface area (TPSA) is 62.5 Å². The van der Waals surface area contributed by atoms with Gasteiger partial charge in [-0.25, -0.2) is 4.63 Å². The summed E-state index contributed by atoms with van der Waals surface area (Å²) in [5.74, 6) is 1.49. The van der Waals surface area contributed by atoms with Crippen LogP contribution in [-0.4, -0.2) is 51.7 Å². The molecule has 2 aromatic rings. The van der Waals surface area contributed by atoms with E-state index in [0.717, 1.165) is 48.7 Å². The minimum atomic E-state index is 0.283. The Balaban J connectivity index is 1.54. The molecule has 1 aliphatic carbocycles. The molecule has 1 amide bonds. The molecule has 1 aliphatic heterocycles. The summed E-state index contributed by atoms with van der Waals surface area (Å²) >= 11 is 0. The van der Waals surface area contributed by atoms with Gasteiger partial charge in [0.05, 0.1) is 0 Å². The molecule has 0 radical (unpaired) electrons. The third-order valence-electron chi connectivity index (χ3n) is 5.49. The summed E-state index contributed by atoms with van der Waals surface area (Å²) in [6.07, 6.45) is 3.15. The van der Waals surface area contributed by atoms with Gasteiger partial charge in [-0.2, -0.15) is 0 Å². The quantitative estimate of drug-likeness (QED) is 0.836. The van der Waals surface area contributed by atoms with Crippen LogP contribution >= 0.6 is 0 Å². The molecule has 0 N–H and O–H groups in total. The van der Waals surface area contributed by atoms with Gasteiger partial charge in [0.25, 0.3) is 0 Å². The van der Waals surface area contributed by atoms with Crippen LogP contribution < -0.4 is 0 Å². The van der Waals surface area contributed by atoms with E-state index < -0.39 is 0 Å². The highest BCUT2D eigenvalue weighted by Gasteiger charge is 2.35. The van der Waals surface area contributed by atoms with E-state index in [0.29, 0.717) is 18.2 Å². The molecule has 2 heterocycles. The largest absolute Gasteiger partial charge is 0.338 e. The van der Waals surface area contributed by atoms with Crippen LogP contribution in [0.15, 0.2) is 22.8 Å². The van der Waals surface area contributed by atoms with Crippen molar-refractivity contribution in [3.63, 3.8) is 0 Å². The maximum Gasteiger partial charge on any atom is 0.224 e. The highest BCUT2D eigenvalue weighted by atomic mass is 16.6. The van der Waals surface area contributed by atoms with Crippen LogP contribution in [0.25, 0.3) is 11.0 Å². The van der Waals surface area contributed by atoms with Gasteiger partial charge in [-0.1, -0.05) is 26.0 Å². The van der Waals surface area contributed by atoms with Crippen LogP contribution in [0.4, 0.5) is 0 Å². The van der Waals surface area contributed by atoms with E-state index in [-0.39, 0.29) is 6.04 Å². The smallest absolute Gasteiger partial charge is 0.224 e. The number of amides is 1. The highest BCUT2D eigenvalue weighted by molar-refractivity contribution is 5.78. The van der Waals surface area contributed by atoms with Crippen molar-refractivity contribution in [2.24, 2.45) is 11.8 Å². The van der Waals surface area contributed by atoms with Gasteiger partial charge in [-0.05, 0) is 46.6 Å². The van der Waals surface area contributed by atoms with Crippen molar-refractivity contribution in [1.82, 2.24) is 20.1 Å². The number of aromatic nitrogens is 2. The summed E-state index contributed by atoms with van der Waals surface area (Å²) in [7, 11) is 0. The maximum atomic E-state index is 12.7. The molecule has 2 fully saturated rings. The molecule has 1 saturated carbocycles. The molecule has 1 atom stereocenters. The molecule has 1 aromatic carbocycles. The SMILES string of the molecule is CC(C)C1CN(Cc2cccc3nonc23)CCC(=O)N1CC1CC1. The molecule has 6 nitrogen and oxygen atoms in total. The Kier molecular flexibility index (Phi) is 4.46. The van der Waals surface area contributed by atoms with Gasteiger partial charge < -0.3 is 4.90 Å². The van der Waals surface area contributed by atoms with Gasteiger partial charge in [-0.3, -0.25) is 9.69 Å². The Hall–Kier alpha value is -1.95. The number of benzene rings is 1. The number of hydrogen-bond donors (Lipinski definition) is 0. The number of rotatable bonds is 5. The molecule has 0 spiro atoms. The average Bonchev–Trinajstić information content (AvgIpc) is 3.31. The van der Waals surface area contributed by atoms with E-state index >= 15 is 0 Å².